The fraction of sp³-hybridized carbons (Fsp3) is 0.458. The van der Waals surface area contributed by atoms with Crippen LogP contribution >= 0.6 is 0 Å². The van der Waals surface area contributed by atoms with Crippen molar-refractivity contribution >= 4 is 8.07 Å². The second-order valence-corrected chi connectivity index (χ2v) is 14.2. The van der Waals surface area contributed by atoms with E-state index in [4.69, 9.17) is 0 Å². The molecule has 0 N–H and O–H groups in total. The maximum absolute atomic E-state index is 14.0. The number of rotatable bonds is 5. The number of pyridine rings is 1. The molecule has 0 aliphatic carbocycles. The van der Waals surface area contributed by atoms with Gasteiger partial charge in [0.25, 0.3) is 5.56 Å². The Morgan fingerprint density at radius 3 is 2.07 bits per heavy atom. The van der Waals surface area contributed by atoms with Crippen LogP contribution < -0.4 is 5.56 Å². The summed E-state index contributed by atoms with van der Waals surface area (Å²) >= 11 is 0. The van der Waals surface area contributed by atoms with Gasteiger partial charge in [-0.1, -0.05) is 53.5 Å². The minimum absolute atomic E-state index is 0.0483. The van der Waals surface area contributed by atoms with Crippen molar-refractivity contribution in [1.82, 2.24) is 4.57 Å². The predicted octanol–water partition coefficient (Wildman–Crippen LogP) is 5.82. The zero-order chi connectivity index (χ0) is 21.9. The summed E-state index contributed by atoms with van der Waals surface area (Å²) in [6.07, 6.45) is 0.0483. The molecule has 0 unspecified atom stereocenters. The molecule has 1 aromatic heterocycles. The van der Waals surface area contributed by atoms with Crippen molar-refractivity contribution in [3.63, 3.8) is 0 Å². The Morgan fingerprint density at radius 1 is 0.931 bits per heavy atom. The summed E-state index contributed by atoms with van der Waals surface area (Å²) in [4.78, 5) is 12.8. The zero-order valence-electron chi connectivity index (χ0n) is 18.4. The van der Waals surface area contributed by atoms with Crippen LogP contribution in [0.15, 0.2) is 35.1 Å². The number of hydrogen-bond donors (Lipinski definition) is 0. The van der Waals surface area contributed by atoms with E-state index in [-0.39, 0.29) is 17.5 Å². The predicted molar refractivity (Wildman–Crippen MR) is 119 cm³/mol. The number of aromatic nitrogens is 1. The van der Waals surface area contributed by atoms with Crippen molar-refractivity contribution in [1.29, 1.82) is 0 Å². The second kappa shape index (κ2) is 9.09. The summed E-state index contributed by atoms with van der Waals surface area (Å²) in [5.74, 6) is 2.26. The highest BCUT2D eigenvalue weighted by Gasteiger charge is 2.41. The molecule has 0 saturated carbocycles. The van der Waals surface area contributed by atoms with Gasteiger partial charge in [0, 0.05) is 19.0 Å². The molecule has 0 radical (unpaired) electrons. The molecule has 0 spiro atoms. The quantitative estimate of drug-likeness (QED) is 0.445. The molecule has 156 valence electrons. The van der Waals surface area contributed by atoms with Gasteiger partial charge in [0.15, 0.2) is 0 Å². The van der Waals surface area contributed by atoms with E-state index in [0.29, 0.717) is 27.9 Å². The first kappa shape index (κ1) is 23.1. The molecule has 2 rings (SSSR count). The highest BCUT2D eigenvalue weighted by molar-refractivity contribution is 6.90. The van der Waals surface area contributed by atoms with Crippen LogP contribution in [0.25, 0.3) is 0 Å². The van der Waals surface area contributed by atoms with Gasteiger partial charge in [-0.3, -0.25) is 4.79 Å². The van der Waals surface area contributed by atoms with Crippen molar-refractivity contribution in [3.05, 3.63) is 69.1 Å². The van der Waals surface area contributed by atoms with Crippen LogP contribution in [0, 0.1) is 23.1 Å². The summed E-state index contributed by atoms with van der Waals surface area (Å²) in [5, 5.41) is 0. The monoisotopic (exact) mass is 415 g/mol. The van der Waals surface area contributed by atoms with Gasteiger partial charge >= 0.3 is 0 Å². The van der Waals surface area contributed by atoms with Crippen molar-refractivity contribution < 1.29 is 8.78 Å². The zero-order valence-corrected chi connectivity index (χ0v) is 19.4. The maximum atomic E-state index is 14.0. The van der Waals surface area contributed by atoms with E-state index in [9.17, 15) is 13.6 Å². The highest BCUT2D eigenvalue weighted by Crippen LogP contribution is 2.40. The lowest BCUT2D eigenvalue weighted by molar-refractivity contribution is 0.588. The van der Waals surface area contributed by atoms with Crippen LogP contribution in [0.5, 0.6) is 0 Å². The summed E-state index contributed by atoms with van der Waals surface area (Å²) in [7, 11) is -0.225. The molecule has 29 heavy (non-hydrogen) atoms. The van der Waals surface area contributed by atoms with Crippen LogP contribution in [0.3, 0.4) is 0 Å². The van der Waals surface area contributed by atoms with Crippen molar-refractivity contribution in [2.45, 2.75) is 64.6 Å². The van der Waals surface area contributed by atoms with E-state index < -0.39 is 19.7 Å². The topological polar surface area (TPSA) is 22.0 Å². The molecule has 0 amide bonds. The minimum atomic E-state index is -1.91. The Labute approximate surface area is 174 Å². The van der Waals surface area contributed by atoms with Crippen LogP contribution in [0.2, 0.25) is 16.6 Å². The molecular weight excluding hydrogens is 384 g/mol. The summed E-state index contributed by atoms with van der Waals surface area (Å²) < 4.78 is 28.9. The second-order valence-electron chi connectivity index (χ2n) is 8.67. The van der Waals surface area contributed by atoms with Crippen molar-refractivity contribution in [3.8, 4) is 11.5 Å². The van der Waals surface area contributed by atoms with E-state index in [1.807, 2.05) is 0 Å². The Balaban J connectivity index is 2.46. The molecule has 0 fully saturated rings. The number of nitrogens with zero attached hydrogens (tertiary/aromatic N) is 1. The number of halogens is 2. The standard InChI is InChI=1S/C24H31F2NOSi/c1-16(2)29(17(3)4,18(5)6)13-12-22-10-8-19(24(28)27(22)7)14-20-15-21(25)9-11-23(20)26/h8-11,15-18H,14H2,1-7H3. The van der Waals surface area contributed by atoms with Gasteiger partial charge in [-0.25, -0.2) is 8.78 Å². The normalized spacial score (nSPS) is 11.9. The molecule has 0 bridgehead atoms. The van der Waals surface area contributed by atoms with Gasteiger partial charge in [0.05, 0.1) is 5.69 Å². The molecule has 0 atom stereocenters. The molecule has 2 nitrogen and oxygen atoms in total. The van der Waals surface area contributed by atoms with Gasteiger partial charge in [0.2, 0.25) is 0 Å². The summed E-state index contributed by atoms with van der Waals surface area (Å²) in [6.45, 7) is 13.5. The third kappa shape index (κ3) is 4.70. The Hall–Kier alpha value is -2.19. The third-order valence-electron chi connectivity index (χ3n) is 6.04. The lowest BCUT2D eigenvalue weighted by Gasteiger charge is -2.38. The van der Waals surface area contributed by atoms with E-state index >= 15 is 0 Å². The smallest absolute Gasteiger partial charge is 0.254 e. The fourth-order valence-electron chi connectivity index (χ4n) is 4.44. The van der Waals surface area contributed by atoms with Crippen LogP contribution in [0.1, 0.15) is 58.4 Å². The molecule has 0 aliphatic rings. The Kier molecular flexibility index (Phi) is 7.23. The average molecular weight is 416 g/mol. The third-order valence-corrected chi connectivity index (χ3v) is 12.3. The molecule has 0 aliphatic heterocycles. The Bertz CT molecular complexity index is 974. The van der Waals surface area contributed by atoms with Gasteiger partial charge in [-0.2, -0.15) is 0 Å². The van der Waals surface area contributed by atoms with E-state index in [1.54, 1.807) is 19.2 Å². The molecule has 0 saturated heterocycles. The molecule has 1 heterocycles. The highest BCUT2D eigenvalue weighted by atomic mass is 28.3. The summed E-state index contributed by atoms with van der Waals surface area (Å²) in [5.41, 5.74) is 6.14. The minimum Gasteiger partial charge on any atom is -0.304 e. The lowest BCUT2D eigenvalue weighted by Crippen LogP contribution is -2.43. The van der Waals surface area contributed by atoms with Crippen LogP contribution in [0.4, 0.5) is 8.78 Å². The van der Waals surface area contributed by atoms with Gasteiger partial charge in [-0.15, -0.1) is 5.54 Å². The van der Waals surface area contributed by atoms with E-state index in [0.717, 1.165) is 18.2 Å². The summed E-state index contributed by atoms with van der Waals surface area (Å²) in [6, 6.07) is 6.78. The SMILES string of the molecule is CC(C)[Si](C#Cc1ccc(Cc2cc(F)ccc2F)c(=O)n1C)(C(C)C)C(C)C. The largest absolute Gasteiger partial charge is 0.304 e. The molecular formula is C24H31F2NOSi. The first-order valence-electron chi connectivity index (χ1n) is 10.2. The fourth-order valence-corrected chi connectivity index (χ4v) is 9.65. The van der Waals surface area contributed by atoms with E-state index in [1.165, 1.54) is 4.57 Å². The first-order valence-corrected chi connectivity index (χ1v) is 12.4. The van der Waals surface area contributed by atoms with Crippen LogP contribution in [-0.4, -0.2) is 12.6 Å². The lowest BCUT2D eigenvalue weighted by atomic mass is 10.1. The van der Waals surface area contributed by atoms with Gasteiger partial charge in [0.1, 0.15) is 19.7 Å². The number of benzene rings is 1. The Morgan fingerprint density at radius 2 is 1.52 bits per heavy atom. The average Bonchev–Trinajstić information content (AvgIpc) is 2.63. The molecule has 1 aromatic carbocycles. The van der Waals surface area contributed by atoms with Gasteiger partial charge in [-0.05, 0) is 46.5 Å². The van der Waals surface area contributed by atoms with Gasteiger partial charge < -0.3 is 4.57 Å². The molecule has 2 aromatic rings. The maximum Gasteiger partial charge on any atom is 0.254 e. The van der Waals surface area contributed by atoms with E-state index in [2.05, 4.69) is 53.0 Å². The first-order chi connectivity index (χ1) is 13.5. The molecule has 5 heteroatoms. The van der Waals surface area contributed by atoms with Crippen molar-refractivity contribution in [2.24, 2.45) is 7.05 Å². The van der Waals surface area contributed by atoms with Crippen LogP contribution in [-0.2, 0) is 13.5 Å². The number of hydrogen-bond acceptors (Lipinski definition) is 1. The van der Waals surface area contributed by atoms with Crippen molar-refractivity contribution in [2.75, 3.05) is 0 Å².